The van der Waals surface area contributed by atoms with E-state index in [1.807, 2.05) is 12.1 Å². The van der Waals surface area contributed by atoms with E-state index in [1.54, 1.807) is 0 Å². The molecule has 1 aromatic carbocycles. The van der Waals surface area contributed by atoms with Gasteiger partial charge in [0.2, 0.25) is 10.0 Å². The zero-order chi connectivity index (χ0) is 12.7. The second-order valence-corrected chi connectivity index (χ2v) is 7.49. The molecule has 1 aliphatic heterocycles. The molecule has 0 aromatic heterocycles. The van der Waals surface area contributed by atoms with Crippen molar-refractivity contribution in [1.29, 1.82) is 0 Å². The first-order chi connectivity index (χ1) is 7.78. The topological polar surface area (TPSA) is 46.2 Å². The van der Waals surface area contributed by atoms with Crippen LogP contribution in [0.15, 0.2) is 18.2 Å². The van der Waals surface area contributed by atoms with Crippen molar-refractivity contribution >= 4 is 15.7 Å². The first-order valence-corrected chi connectivity index (χ1v) is 7.57. The van der Waals surface area contributed by atoms with Crippen LogP contribution in [0.4, 0.5) is 5.69 Å². The third-order valence-corrected chi connectivity index (χ3v) is 4.45. The quantitative estimate of drug-likeness (QED) is 0.772. The Morgan fingerprint density at radius 2 is 1.94 bits per heavy atom. The van der Waals surface area contributed by atoms with Gasteiger partial charge in [0.1, 0.15) is 0 Å². The molecule has 0 radical (unpaired) electrons. The van der Waals surface area contributed by atoms with Gasteiger partial charge in [-0.2, -0.15) is 0 Å². The van der Waals surface area contributed by atoms with E-state index in [-0.39, 0.29) is 11.2 Å². The fourth-order valence-electron chi connectivity index (χ4n) is 2.04. The highest BCUT2D eigenvalue weighted by Crippen LogP contribution is 2.29. The summed E-state index contributed by atoms with van der Waals surface area (Å²) in [4.78, 5) is 0. The van der Waals surface area contributed by atoms with Gasteiger partial charge in [0, 0.05) is 0 Å². The normalized spacial score (nSPS) is 19.0. The Kier molecular flexibility index (Phi) is 2.94. The Hall–Kier alpha value is -1.03. The van der Waals surface area contributed by atoms with Gasteiger partial charge in [-0.25, -0.2) is 8.42 Å². The lowest BCUT2D eigenvalue weighted by Gasteiger charge is -2.20. The number of hydrogen-bond donors (Lipinski definition) is 1. The summed E-state index contributed by atoms with van der Waals surface area (Å²) in [5.41, 5.74) is 3.20. The lowest BCUT2D eigenvalue weighted by Crippen LogP contribution is -2.15. The summed E-state index contributed by atoms with van der Waals surface area (Å²) in [6, 6.07) is 6.02. The number of fused-ring (bicyclic) bond motifs is 1. The van der Waals surface area contributed by atoms with Crippen molar-refractivity contribution in [1.82, 2.24) is 0 Å². The van der Waals surface area contributed by atoms with Crippen molar-refractivity contribution in [2.24, 2.45) is 0 Å². The predicted molar refractivity (Wildman–Crippen MR) is 70.9 cm³/mol. The SMILES string of the molecule is CC(C)(C)c1ccc2c(c1)CCCS(=O)(=O)N2. The molecular weight excluding hydrogens is 234 g/mol. The van der Waals surface area contributed by atoms with Gasteiger partial charge in [-0.05, 0) is 35.4 Å². The number of rotatable bonds is 0. The van der Waals surface area contributed by atoms with Gasteiger partial charge in [0.15, 0.2) is 0 Å². The lowest BCUT2D eigenvalue weighted by atomic mass is 9.85. The molecule has 1 N–H and O–H groups in total. The predicted octanol–water partition coefficient (Wildman–Crippen LogP) is 2.67. The van der Waals surface area contributed by atoms with E-state index in [0.29, 0.717) is 6.42 Å². The fourth-order valence-corrected chi connectivity index (χ4v) is 3.20. The average Bonchev–Trinajstić information content (AvgIpc) is 2.32. The maximum absolute atomic E-state index is 11.6. The van der Waals surface area contributed by atoms with E-state index in [9.17, 15) is 8.42 Å². The highest BCUT2D eigenvalue weighted by atomic mass is 32.2. The summed E-state index contributed by atoms with van der Waals surface area (Å²) in [6.07, 6.45) is 1.52. The largest absolute Gasteiger partial charge is 0.283 e. The second-order valence-electron chi connectivity index (χ2n) is 5.65. The number of benzene rings is 1. The smallest absolute Gasteiger partial charge is 0.232 e. The molecule has 0 atom stereocenters. The minimum Gasteiger partial charge on any atom is -0.283 e. The Morgan fingerprint density at radius 1 is 1.24 bits per heavy atom. The van der Waals surface area contributed by atoms with Gasteiger partial charge < -0.3 is 0 Å². The van der Waals surface area contributed by atoms with E-state index in [2.05, 4.69) is 31.6 Å². The van der Waals surface area contributed by atoms with Crippen molar-refractivity contribution in [3.63, 3.8) is 0 Å². The first kappa shape index (κ1) is 12.4. The molecule has 17 heavy (non-hydrogen) atoms. The third-order valence-electron chi connectivity index (χ3n) is 3.10. The van der Waals surface area contributed by atoms with Crippen molar-refractivity contribution in [2.75, 3.05) is 10.5 Å². The van der Waals surface area contributed by atoms with E-state index in [0.717, 1.165) is 17.7 Å². The maximum Gasteiger partial charge on any atom is 0.232 e. The van der Waals surface area contributed by atoms with E-state index < -0.39 is 10.0 Å². The Balaban J connectivity index is 2.44. The standard InChI is InChI=1S/C13H19NO2S/c1-13(2,3)11-6-7-12-10(9-11)5-4-8-17(15,16)14-12/h6-7,9,14H,4-5,8H2,1-3H3. The van der Waals surface area contributed by atoms with Crippen LogP contribution in [-0.4, -0.2) is 14.2 Å². The second kappa shape index (κ2) is 4.02. The molecule has 0 amide bonds. The molecule has 0 bridgehead atoms. The summed E-state index contributed by atoms with van der Waals surface area (Å²) < 4.78 is 25.9. The average molecular weight is 253 g/mol. The Labute approximate surface area is 103 Å². The van der Waals surface area contributed by atoms with Gasteiger partial charge in [0.25, 0.3) is 0 Å². The van der Waals surface area contributed by atoms with Gasteiger partial charge >= 0.3 is 0 Å². The van der Waals surface area contributed by atoms with Crippen LogP contribution in [0.2, 0.25) is 0 Å². The van der Waals surface area contributed by atoms with Crippen LogP contribution in [-0.2, 0) is 21.9 Å². The zero-order valence-corrected chi connectivity index (χ0v) is 11.4. The molecule has 0 saturated heterocycles. The fraction of sp³-hybridized carbons (Fsp3) is 0.538. The number of nitrogens with one attached hydrogen (secondary N) is 1. The summed E-state index contributed by atoms with van der Waals surface area (Å²) in [5.74, 6) is 0.215. The monoisotopic (exact) mass is 253 g/mol. The molecule has 3 nitrogen and oxygen atoms in total. The van der Waals surface area contributed by atoms with Crippen LogP contribution in [0.25, 0.3) is 0 Å². The van der Waals surface area contributed by atoms with Crippen molar-refractivity contribution in [3.8, 4) is 0 Å². The molecule has 94 valence electrons. The molecule has 0 aliphatic carbocycles. The van der Waals surface area contributed by atoms with E-state index in [4.69, 9.17) is 0 Å². The number of aryl methyl sites for hydroxylation is 1. The van der Waals surface area contributed by atoms with Crippen LogP contribution in [0.3, 0.4) is 0 Å². The molecule has 4 heteroatoms. The van der Waals surface area contributed by atoms with Crippen LogP contribution in [0.5, 0.6) is 0 Å². The minimum atomic E-state index is -3.13. The molecule has 1 heterocycles. The van der Waals surface area contributed by atoms with E-state index >= 15 is 0 Å². The van der Waals surface area contributed by atoms with Gasteiger partial charge in [-0.15, -0.1) is 0 Å². The highest BCUT2D eigenvalue weighted by Gasteiger charge is 2.20. The number of hydrogen-bond acceptors (Lipinski definition) is 2. The summed E-state index contributed by atoms with van der Waals surface area (Å²) in [5, 5.41) is 0. The number of sulfonamides is 1. The lowest BCUT2D eigenvalue weighted by molar-refractivity contribution is 0.589. The van der Waals surface area contributed by atoms with Crippen molar-refractivity contribution < 1.29 is 8.42 Å². The first-order valence-electron chi connectivity index (χ1n) is 5.92. The van der Waals surface area contributed by atoms with Gasteiger partial charge in [0.05, 0.1) is 11.4 Å². The van der Waals surface area contributed by atoms with Crippen molar-refractivity contribution in [2.45, 2.75) is 39.0 Å². The summed E-state index contributed by atoms with van der Waals surface area (Å²) in [6.45, 7) is 6.49. The van der Waals surface area contributed by atoms with Crippen LogP contribution in [0, 0.1) is 0 Å². The molecule has 1 aliphatic rings. The molecular formula is C13H19NO2S. The number of anilines is 1. The molecule has 0 unspecified atom stereocenters. The third kappa shape index (κ3) is 2.80. The summed E-state index contributed by atoms with van der Waals surface area (Å²) in [7, 11) is -3.13. The van der Waals surface area contributed by atoms with Crippen molar-refractivity contribution in [3.05, 3.63) is 29.3 Å². The van der Waals surface area contributed by atoms with Gasteiger partial charge in [-0.3, -0.25) is 4.72 Å². The molecule has 0 spiro atoms. The minimum absolute atomic E-state index is 0.0974. The zero-order valence-electron chi connectivity index (χ0n) is 10.6. The molecule has 1 aromatic rings. The summed E-state index contributed by atoms with van der Waals surface area (Å²) >= 11 is 0. The van der Waals surface area contributed by atoms with Crippen LogP contribution >= 0.6 is 0 Å². The van der Waals surface area contributed by atoms with Crippen LogP contribution in [0.1, 0.15) is 38.3 Å². The molecule has 2 rings (SSSR count). The van der Waals surface area contributed by atoms with Gasteiger partial charge in [-0.1, -0.05) is 32.9 Å². The molecule has 0 saturated carbocycles. The van der Waals surface area contributed by atoms with E-state index in [1.165, 1.54) is 5.56 Å². The van der Waals surface area contributed by atoms with Crippen LogP contribution < -0.4 is 4.72 Å². The highest BCUT2D eigenvalue weighted by molar-refractivity contribution is 7.92. The molecule has 0 fully saturated rings. The Bertz CT molecular complexity index is 527. The Morgan fingerprint density at radius 3 is 2.59 bits per heavy atom. The maximum atomic E-state index is 11.6.